The summed E-state index contributed by atoms with van der Waals surface area (Å²) in [6, 6.07) is 4.48. The Labute approximate surface area is 100 Å². The average Bonchev–Trinajstić information content (AvgIpc) is 2.65. The third kappa shape index (κ3) is 3.32. The van der Waals surface area contributed by atoms with Crippen molar-refractivity contribution in [3.63, 3.8) is 0 Å². The second-order valence-electron chi connectivity index (χ2n) is 4.28. The molecular weight excluding hydrogens is 220 g/mol. The highest BCUT2D eigenvalue weighted by molar-refractivity contribution is 7.12. The van der Waals surface area contributed by atoms with Crippen LogP contribution in [0.3, 0.4) is 0 Å². The van der Waals surface area contributed by atoms with Gasteiger partial charge in [0.25, 0.3) is 0 Å². The Kier molecular flexibility index (Phi) is 3.96. The molecule has 0 saturated carbocycles. The van der Waals surface area contributed by atoms with Crippen LogP contribution in [0.25, 0.3) is 0 Å². The smallest absolute Gasteiger partial charge is 0.225 e. The van der Waals surface area contributed by atoms with Crippen LogP contribution in [0.2, 0.25) is 0 Å². The molecule has 16 heavy (non-hydrogen) atoms. The van der Waals surface area contributed by atoms with Crippen LogP contribution in [0, 0.1) is 6.92 Å². The Hall–Kier alpha value is -0.870. The van der Waals surface area contributed by atoms with Crippen LogP contribution in [0.15, 0.2) is 12.1 Å². The number of hydrogen-bond donors (Lipinski definition) is 2. The van der Waals surface area contributed by atoms with Gasteiger partial charge in [0.15, 0.2) is 0 Å². The standard InChI is InChI=1S/C12H18N2OS/c1-9-2-3-11(16-9)8-12(15)14-10-4-6-13-7-5-10/h2-3,10,13H,4-8H2,1H3,(H,14,15). The zero-order valence-electron chi connectivity index (χ0n) is 9.58. The van der Waals surface area contributed by atoms with Crippen LogP contribution >= 0.6 is 11.3 Å². The third-order valence-corrected chi connectivity index (χ3v) is 3.84. The fourth-order valence-corrected chi connectivity index (χ4v) is 2.87. The average molecular weight is 238 g/mol. The van der Waals surface area contributed by atoms with Gasteiger partial charge in [0.1, 0.15) is 0 Å². The van der Waals surface area contributed by atoms with Gasteiger partial charge in [-0.1, -0.05) is 0 Å². The van der Waals surface area contributed by atoms with Gasteiger partial charge in [-0.15, -0.1) is 11.3 Å². The van der Waals surface area contributed by atoms with Crippen molar-refractivity contribution in [2.24, 2.45) is 0 Å². The van der Waals surface area contributed by atoms with Crippen LogP contribution in [0.1, 0.15) is 22.6 Å². The number of hydrogen-bond acceptors (Lipinski definition) is 3. The van der Waals surface area contributed by atoms with Crippen molar-refractivity contribution in [1.82, 2.24) is 10.6 Å². The van der Waals surface area contributed by atoms with Crippen molar-refractivity contribution in [3.8, 4) is 0 Å². The van der Waals surface area contributed by atoms with E-state index in [1.165, 1.54) is 4.88 Å². The zero-order valence-corrected chi connectivity index (χ0v) is 10.4. The molecule has 1 aliphatic rings. The first-order valence-corrected chi connectivity index (χ1v) is 6.61. The second kappa shape index (κ2) is 5.46. The van der Waals surface area contributed by atoms with Crippen molar-refractivity contribution in [3.05, 3.63) is 21.9 Å². The molecule has 0 aromatic carbocycles. The molecule has 1 saturated heterocycles. The van der Waals surface area contributed by atoms with Crippen molar-refractivity contribution < 1.29 is 4.79 Å². The van der Waals surface area contributed by atoms with E-state index in [1.807, 2.05) is 6.07 Å². The van der Waals surface area contributed by atoms with Crippen LogP contribution in [-0.2, 0) is 11.2 Å². The Morgan fingerprint density at radius 2 is 2.25 bits per heavy atom. The SMILES string of the molecule is Cc1ccc(CC(=O)NC2CCNCC2)s1. The van der Waals surface area contributed by atoms with Crippen molar-refractivity contribution in [2.75, 3.05) is 13.1 Å². The molecule has 1 aromatic heterocycles. The topological polar surface area (TPSA) is 41.1 Å². The maximum absolute atomic E-state index is 11.8. The Balaban J connectivity index is 1.79. The molecule has 0 radical (unpaired) electrons. The minimum absolute atomic E-state index is 0.161. The lowest BCUT2D eigenvalue weighted by molar-refractivity contribution is -0.121. The number of piperidine rings is 1. The van der Waals surface area contributed by atoms with Crippen molar-refractivity contribution >= 4 is 17.2 Å². The van der Waals surface area contributed by atoms with E-state index in [4.69, 9.17) is 0 Å². The number of aryl methyl sites for hydroxylation is 1. The first-order chi connectivity index (χ1) is 7.74. The highest BCUT2D eigenvalue weighted by atomic mass is 32.1. The summed E-state index contributed by atoms with van der Waals surface area (Å²) < 4.78 is 0. The van der Waals surface area contributed by atoms with E-state index in [-0.39, 0.29) is 5.91 Å². The molecule has 2 N–H and O–H groups in total. The lowest BCUT2D eigenvalue weighted by Gasteiger charge is -2.23. The summed E-state index contributed by atoms with van der Waals surface area (Å²) >= 11 is 1.70. The number of amides is 1. The van der Waals surface area contributed by atoms with Gasteiger partial charge < -0.3 is 10.6 Å². The Morgan fingerprint density at radius 1 is 1.50 bits per heavy atom. The van der Waals surface area contributed by atoms with E-state index in [2.05, 4.69) is 23.6 Å². The molecule has 0 aliphatic carbocycles. The van der Waals surface area contributed by atoms with E-state index in [1.54, 1.807) is 11.3 Å². The summed E-state index contributed by atoms with van der Waals surface area (Å²) in [6.07, 6.45) is 2.63. The predicted octanol–water partition coefficient (Wildman–Crippen LogP) is 1.47. The second-order valence-corrected chi connectivity index (χ2v) is 5.65. The van der Waals surface area contributed by atoms with Gasteiger partial charge in [-0.25, -0.2) is 0 Å². The molecule has 88 valence electrons. The van der Waals surface area contributed by atoms with Crippen LogP contribution in [-0.4, -0.2) is 25.0 Å². The Morgan fingerprint density at radius 3 is 2.88 bits per heavy atom. The largest absolute Gasteiger partial charge is 0.353 e. The predicted molar refractivity (Wildman–Crippen MR) is 66.8 cm³/mol. The van der Waals surface area contributed by atoms with Gasteiger partial charge in [0.2, 0.25) is 5.91 Å². The maximum atomic E-state index is 11.8. The molecule has 0 spiro atoms. The molecule has 0 unspecified atom stereocenters. The number of carbonyl (C=O) groups excluding carboxylic acids is 1. The van der Waals surface area contributed by atoms with E-state index in [9.17, 15) is 4.79 Å². The first-order valence-electron chi connectivity index (χ1n) is 5.79. The van der Waals surface area contributed by atoms with Gasteiger partial charge in [-0.05, 0) is 45.0 Å². The van der Waals surface area contributed by atoms with Gasteiger partial charge >= 0.3 is 0 Å². The van der Waals surface area contributed by atoms with E-state index in [0.29, 0.717) is 12.5 Å². The normalized spacial score (nSPS) is 17.3. The molecule has 4 heteroatoms. The lowest BCUT2D eigenvalue weighted by atomic mass is 10.1. The maximum Gasteiger partial charge on any atom is 0.225 e. The third-order valence-electron chi connectivity index (χ3n) is 2.84. The summed E-state index contributed by atoms with van der Waals surface area (Å²) in [7, 11) is 0. The summed E-state index contributed by atoms with van der Waals surface area (Å²) in [5.41, 5.74) is 0. The van der Waals surface area contributed by atoms with E-state index < -0.39 is 0 Å². The zero-order chi connectivity index (χ0) is 11.4. The van der Waals surface area contributed by atoms with Crippen molar-refractivity contribution in [1.29, 1.82) is 0 Å². The fraction of sp³-hybridized carbons (Fsp3) is 0.583. The monoisotopic (exact) mass is 238 g/mol. The number of rotatable bonds is 3. The van der Waals surface area contributed by atoms with Gasteiger partial charge in [-0.2, -0.15) is 0 Å². The molecule has 1 fully saturated rings. The molecule has 2 rings (SSSR count). The molecular formula is C12H18N2OS. The Bertz CT molecular complexity index is 356. The minimum Gasteiger partial charge on any atom is -0.353 e. The number of thiophene rings is 1. The minimum atomic E-state index is 0.161. The quantitative estimate of drug-likeness (QED) is 0.837. The lowest BCUT2D eigenvalue weighted by Crippen LogP contribution is -2.43. The van der Waals surface area contributed by atoms with Crippen LogP contribution < -0.4 is 10.6 Å². The van der Waals surface area contributed by atoms with E-state index >= 15 is 0 Å². The number of carbonyl (C=O) groups is 1. The van der Waals surface area contributed by atoms with Gasteiger partial charge in [0.05, 0.1) is 6.42 Å². The van der Waals surface area contributed by atoms with Gasteiger partial charge in [-0.3, -0.25) is 4.79 Å². The molecule has 3 nitrogen and oxygen atoms in total. The van der Waals surface area contributed by atoms with Gasteiger partial charge in [0, 0.05) is 15.8 Å². The van der Waals surface area contributed by atoms with Crippen LogP contribution in [0.5, 0.6) is 0 Å². The number of nitrogens with one attached hydrogen (secondary N) is 2. The van der Waals surface area contributed by atoms with E-state index in [0.717, 1.165) is 30.8 Å². The summed E-state index contributed by atoms with van der Waals surface area (Å²) in [5, 5.41) is 6.40. The molecule has 0 atom stereocenters. The molecule has 1 aliphatic heterocycles. The summed E-state index contributed by atoms with van der Waals surface area (Å²) in [5.74, 6) is 0.161. The first kappa shape index (κ1) is 11.6. The molecule has 2 heterocycles. The highest BCUT2D eigenvalue weighted by Gasteiger charge is 2.15. The molecule has 1 amide bonds. The molecule has 0 bridgehead atoms. The highest BCUT2D eigenvalue weighted by Crippen LogP contribution is 2.15. The van der Waals surface area contributed by atoms with Crippen molar-refractivity contribution in [2.45, 2.75) is 32.2 Å². The summed E-state index contributed by atoms with van der Waals surface area (Å²) in [4.78, 5) is 14.2. The fourth-order valence-electron chi connectivity index (χ4n) is 1.98. The molecule has 1 aromatic rings. The summed E-state index contributed by atoms with van der Waals surface area (Å²) in [6.45, 7) is 4.10. The van der Waals surface area contributed by atoms with Crippen LogP contribution in [0.4, 0.5) is 0 Å².